The van der Waals surface area contributed by atoms with Crippen molar-refractivity contribution in [3.63, 3.8) is 0 Å². The van der Waals surface area contributed by atoms with Gasteiger partial charge in [0.05, 0.1) is 24.3 Å². The van der Waals surface area contributed by atoms with Crippen molar-refractivity contribution in [1.29, 1.82) is 0 Å². The average Bonchev–Trinajstić information content (AvgIpc) is 2.65. The predicted molar refractivity (Wildman–Crippen MR) is 109 cm³/mol. The van der Waals surface area contributed by atoms with E-state index >= 15 is 0 Å². The topological polar surface area (TPSA) is 58.6 Å². The van der Waals surface area contributed by atoms with E-state index in [0.29, 0.717) is 22.8 Å². The van der Waals surface area contributed by atoms with Gasteiger partial charge >= 0.3 is 12.0 Å². The largest absolute Gasteiger partial charge is 0.459 e. The van der Waals surface area contributed by atoms with Gasteiger partial charge in [0.2, 0.25) is 0 Å². The van der Waals surface area contributed by atoms with Gasteiger partial charge in [-0.05, 0) is 44.0 Å². The van der Waals surface area contributed by atoms with Gasteiger partial charge in [0, 0.05) is 10.7 Å². The maximum atomic E-state index is 12.9. The highest BCUT2D eigenvalue weighted by Gasteiger charge is 2.36. The molecule has 0 bridgehead atoms. The first-order chi connectivity index (χ1) is 13.4. The Hall–Kier alpha value is -2.79. The number of amides is 2. The number of urea groups is 1. The van der Waals surface area contributed by atoms with Crippen LogP contribution in [0.4, 0.5) is 4.79 Å². The molecule has 0 aliphatic carbocycles. The Labute approximate surface area is 169 Å². The fourth-order valence-electron chi connectivity index (χ4n) is 3.18. The SMILES string of the molecule is CC1=C(C(=O)OC(C)C)C(c2ccc(Cl)cc2)NC(=O)N1Cc1ccccc1. The summed E-state index contributed by atoms with van der Waals surface area (Å²) in [6.07, 6.45) is -0.265. The van der Waals surface area contributed by atoms with Crippen LogP contribution in [0.25, 0.3) is 0 Å². The standard InChI is InChI=1S/C22H23ClN2O3/c1-14(2)28-21(26)19-15(3)25(13-16-7-5-4-6-8-16)22(27)24-20(19)17-9-11-18(23)12-10-17/h4-12,14,20H,13H2,1-3H3,(H,24,27). The molecule has 1 heterocycles. The number of carbonyl (C=O) groups is 2. The minimum absolute atomic E-state index is 0.262. The van der Waals surface area contributed by atoms with Crippen LogP contribution >= 0.6 is 11.6 Å². The number of ether oxygens (including phenoxy) is 1. The molecular weight excluding hydrogens is 376 g/mol. The maximum absolute atomic E-state index is 12.9. The molecule has 1 aliphatic rings. The number of carbonyl (C=O) groups excluding carboxylic acids is 2. The lowest BCUT2D eigenvalue weighted by atomic mass is 9.94. The van der Waals surface area contributed by atoms with Crippen molar-refractivity contribution in [2.24, 2.45) is 0 Å². The zero-order chi connectivity index (χ0) is 20.3. The Morgan fingerprint density at radius 1 is 1.14 bits per heavy atom. The van der Waals surface area contributed by atoms with Crippen molar-refractivity contribution in [2.75, 3.05) is 0 Å². The number of halogens is 1. The van der Waals surface area contributed by atoms with Gasteiger partial charge in [-0.1, -0.05) is 54.1 Å². The molecule has 1 aliphatic heterocycles. The Morgan fingerprint density at radius 3 is 2.39 bits per heavy atom. The number of hydrogen-bond donors (Lipinski definition) is 1. The van der Waals surface area contributed by atoms with Gasteiger partial charge in [-0.3, -0.25) is 4.90 Å². The zero-order valence-electron chi connectivity index (χ0n) is 16.1. The van der Waals surface area contributed by atoms with Crippen molar-refractivity contribution in [1.82, 2.24) is 10.2 Å². The molecule has 0 spiro atoms. The molecule has 3 rings (SSSR count). The molecule has 0 aromatic heterocycles. The molecule has 28 heavy (non-hydrogen) atoms. The molecular formula is C22H23ClN2O3. The van der Waals surface area contributed by atoms with Crippen LogP contribution in [0.2, 0.25) is 5.02 Å². The zero-order valence-corrected chi connectivity index (χ0v) is 16.9. The number of esters is 1. The van der Waals surface area contributed by atoms with Crippen molar-refractivity contribution in [3.8, 4) is 0 Å². The van der Waals surface area contributed by atoms with Gasteiger partial charge in [-0.2, -0.15) is 0 Å². The van der Waals surface area contributed by atoms with Gasteiger partial charge in [0.1, 0.15) is 0 Å². The van der Waals surface area contributed by atoms with Gasteiger partial charge in [-0.25, -0.2) is 9.59 Å². The third-order valence-electron chi connectivity index (χ3n) is 4.55. The number of benzene rings is 2. The molecule has 2 aromatic carbocycles. The van der Waals surface area contributed by atoms with E-state index in [1.807, 2.05) is 30.3 Å². The first-order valence-corrected chi connectivity index (χ1v) is 9.53. The Kier molecular flexibility index (Phi) is 6.05. The summed E-state index contributed by atoms with van der Waals surface area (Å²) in [7, 11) is 0. The molecule has 1 atom stereocenters. The van der Waals surface area contributed by atoms with Crippen molar-refractivity contribution >= 4 is 23.6 Å². The maximum Gasteiger partial charge on any atom is 0.338 e. The molecule has 1 N–H and O–H groups in total. The normalized spacial score (nSPS) is 17.0. The summed E-state index contributed by atoms with van der Waals surface area (Å²) in [5.41, 5.74) is 2.75. The monoisotopic (exact) mass is 398 g/mol. The second-order valence-electron chi connectivity index (χ2n) is 6.96. The van der Waals surface area contributed by atoms with E-state index in [1.165, 1.54) is 0 Å². The van der Waals surface area contributed by atoms with Gasteiger partial charge in [0.25, 0.3) is 0 Å². The second kappa shape index (κ2) is 8.48. The number of nitrogens with zero attached hydrogens (tertiary/aromatic N) is 1. The van der Waals surface area contributed by atoms with E-state index in [0.717, 1.165) is 11.1 Å². The van der Waals surface area contributed by atoms with E-state index in [2.05, 4.69) is 5.32 Å². The molecule has 6 heteroatoms. The molecule has 5 nitrogen and oxygen atoms in total. The lowest BCUT2D eigenvalue weighted by Gasteiger charge is -2.35. The minimum atomic E-state index is -0.594. The summed E-state index contributed by atoms with van der Waals surface area (Å²) in [5.74, 6) is -0.439. The van der Waals surface area contributed by atoms with Gasteiger partial charge in [0.15, 0.2) is 0 Å². The molecule has 1 unspecified atom stereocenters. The number of rotatable bonds is 5. The second-order valence-corrected chi connectivity index (χ2v) is 7.40. The van der Waals surface area contributed by atoms with E-state index < -0.39 is 12.0 Å². The lowest BCUT2D eigenvalue weighted by Crippen LogP contribution is -2.47. The van der Waals surface area contributed by atoms with Crippen LogP contribution in [0.15, 0.2) is 65.9 Å². The quantitative estimate of drug-likeness (QED) is 0.733. The van der Waals surface area contributed by atoms with Crippen molar-refractivity contribution in [3.05, 3.63) is 82.0 Å². The molecule has 2 aromatic rings. The average molecular weight is 399 g/mol. The Morgan fingerprint density at radius 2 is 1.79 bits per heavy atom. The van der Waals surface area contributed by atoms with Crippen LogP contribution in [0.5, 0.6) is 0 Å². The van der Waals surface area contributed by atoms with Crippen LogP contribution in [0, 0.1) is 0 Å². The third-order valence-corrected chi connectivity index (χ3v) is 4.80. The fraction of sp³-hybridized carbons (Fsp3) is 0.273. The smallest absolute Gasteiger partial charge is 0.338 e. The number of allylic oxidation sites excluding steroid dienone is 1. The van der Waals surface area contributed by atoms with E-state index in [-0.39, 0.29) is 12.1 Å². The Bertz CT molecular complexity index is 892. The highest BCUT2D eigenvalue weighted by molar-refractivity contribution is 6.30. The van der Waals surface area contributed by atoms with Crippen molar-refractivity contribution < 1.29 is 14.3 Å². The minimum Gasteiger partial charge on any atom is -0.459 e. The summed E-state index contributed by atoms with van der Waals surface area (Å²) in [4.78, 5) is 27.3. The summed E-state index contributed by atoms with van der Waals surface area (Å²) < 4.78 is 5.47. The fourth-order valence-corrected chi connectivity index (χ4v) is 3.31. The molecule has 0 saturated carbocycles. The first-order valence-electron chi connectivity index (χ1n) is 9.16. The lowest BCUT2D eigenvalue weighted by molar-refractivity contribution is -0.143. The van der Waals surface area contributed by atoms with Crippen LogP contribution in [-0.4, -0.2) is 23.0 Å². The summed E-state index contributed by atoms with van der Waals surface area (Å²) in [5, 5.41) is 3.53. The van der Waals surface area contributed by atoms with Crippen LogP contribution in [0.3, 0.4) is 0 Å². The summed E-state index contributed by atoms with van der Waals surface area (Å²) in [6.45, 7) is 5.74. The summed E-state index contributed by atoms with van der Waals surface area (Å²) in [6, 6.07) is 15.9. The molecule has 2 amide bonds. The number of nitrogens with one attached hydrogen (secondary N) is 1. The molecule has 0 radical (unpaired) electrons. The molecule has 0 fully saturated rings. The third kappa shape index (κ3) is 4.37. The van der Waals surface area contributed by atoms with E-state index in [1.54, 1.807) is 49.9 Å². The van der Waals surface area contributed by atoms with Crippen molar-refractivity contribution in [2.45, 2.75) is 39.5 Å². The van der Waals surface area contributed by atoms with E-state index in [4.69, 9.17) is 16.3 Å². The van der Waals surface area contributed by atoms with Crippen LogP contribution in [0.1, 0.15) is 37.9 Å². The Balaban J connectivity index is 2.02. The number of hydrogen-bond acceptors (Lipinski definition) is 3. The first kappa shape index (κ1) is 20.0. The van der Waals surface area contributed by atoms with Gasteiger partial charge < -0.3 is 10.1 Å². The highest BCUT2D eigenvalue weighted by atomic mass is 35.5. The molecule has 146 valence electrons. The molecule has 0 saturated heterocycles. The highest BCUT2D eigenvalue weighted by Crippen LogP contribution is 2.32. The van der Waals surface area contributed by atoms with E-state index in [9.17, 15) is 9.59 Å². The predicted octanol–water partition coefficient (Wildman–Crippen LogP) is 4.83. The van der Waals surface area contributed by atoms with Crippen LogP contribution < -0.4 is 5.32 Å². The van der Waals surface area contributed by atoms with Gasteiger partial charge in [-0.15, -0.1) is 0 Å². The van der Waals surface area contributed by atoms with Crippen LogP contribution in [-0.2, 0) is 16.1 Å². The summed E-state index contributed by atoms with van der Waals surface area (Å²) >= 11 is 5.99.